The topological polar surface area (TPSA) is 12.9 Å². The molecule has 0 saturated carbocycles. The molecule has 2 aromatic carbocycles. The second-order valence-corrected chi connectivity index (χ2v) is 10.6. The Morgan fingerprint density at radius 3 is 2.36 bits per heavy atom. The van der Waals surface area contributed by atoms with Crippen molar-refractivity contribution in [2.45, 2.75) is 58.3 Å². The maximum absolute atomic E-state index is 4.79. The number of aromatic nitrogens is 1. The summed E-state index contributed by atoms with van der Waals surface area (Å²) in [5.74, 6) is 0. The van der Waals surface area contributed by atoms with Crippen molar-refractivity contribution in [2.24, 2.45) is 0 Å². The van der Waals surface area contributed by atoms with Crippen LogP contribution >= 0.6 is 11.3 Å². The lowest BCUT2D eigenvalue weighted by Crippen LogP contribution is -2.34. The highest BCUT2D eigenvalue weighted by molar-refractivity contribution is 7.26. The summed E-state index contributed by atoms with van der Waals surface area (Å²) in [6.45, 7) is 12.0. The van der Waals surface area contributed by atoms with Crippen LogP contribution in [0.3, 0.4) is 0 Å². The van der Waals surface area contributed by atoms with E-state index in [1.165, 1.54) is 44.1 Å². The zero-order valence-corrected chi connectivity index (χ0v) is 18.2. The number of hydrogen-bond acceptors (Lipinski definition) is 2. The van der Waals surface area contributed by atoms with Crippen LogP contribution in [-0.2, 0) is 10.8 Å². The van der Waals surface area contributed by atoms with Crippen molar-refractivity contribution in [3.63, 3.8) is 0 Å². The first-order chi connectivity index (χ1) is 13.3. The summed E-state index contributed by atoms with van der Waals surface area (Å²) in [6.07, 6.45) is 4.47. The normalized spacial score (nSPS) is 17.8. The van der Waals surface area contributed by atoms with Crippen LogP contribution in [0.25, 0.3) is 31.4 Å². The minimum Gasteiger partial charge on any atom is -0.255 e. The maximum Gasteiger partial charge on any atom is 0.0880 e. The molecule has 0 unspecified atom stereocenters. The Balaban J connectivity index is 1.96. The summed E-state index contributed by atoms with van der Waals surface area (Å²) < 4.78 is 2.75. The SMILES string of the molecule is Cc1cc2c(c3c1sc1c(-c4ccccc4)nccc13)C(C)(C)CCC2(C)C. The Morgan fingerprint density at radius 1 is 0.893 bits per heavy atom. The van der Waals surface area contributed by atoms with E-state index in [1.54, 1.807) is 11.1 Å². The van der Waals surface area contributed by atoms with Gasteiger partial charge >= 0.3 is 0 Å². The first-order valence-electron chi connectivity index (χ1n) is 10.2. The van der Waals surface area contributed by atoms with Crippen molar-refractivity contribution in [2.75, 3.05) is 0 Å². The Hall–Kier alpha value is -2.19. The average molecular weight is 386 g/mol. The fraction of sp³-hybridized carbons (Fsp3) is 0.346. The Bertz CT molecular complexity index is 1210. The molecular formula is C26H27NS. The van der Waals surface area contributed by atoms with E-state index in [4.69, 9.17) is 4.98 Å². The number of thiophene rings is 1. The van der Waals surface area contributed by atoms with Gasteiger partial charge in [0.1, 0.15) is 0 Å². The number of rotatable bonds is 1. The van der Waals surface area contributed by atoms with Gasteiger partial charge in [-0.3, -0.25) is 4.98 Å². The van der Waals surface area contributed by atoms with Crippen LogP contribution in [-0.4, -0.2) is 4.98 Å². The Labute approximate surface area is 171 Å². The van der Waals surface area contributed by atoms with Gasteiger partial charge in [0.15, 0.2) is 0 Å². The molecule has 2 heteroatoms. The fourth-order valence-electron chi connectivity index (χ4n) is 4.96. The highest BCUT2D eigenvalue weighted by atomic mass is 32.1. The number of pyridine rings is 1. The second kappa shape index (κ2) is 5.90. The van der Waals surface area contributed by atoms with Gasteiger partial charge in [-0.05, 0) is 53.4 Å². The standard InChI is InChI=1S/C26H27NS/c1-16-15-19-21(26(4,5)13-12-25(19,2)3)20-18-11-14-27-22(24(18)28-23(16)20)17-9-7-6-8-10-17/h6-11,14-15H,12-13H2,1-5H3. The molecule has 1 aliphatic rings. The third kappa shape index (κ3) is 2.47. The van der Waals surface area contributed by atoms with E-state index < -0.39 is 0 Å². The quantitative estimate of drug-likeness (QED) is 0.326. The van der Waals surface area contributed by atoms with Crippen LogP contribution in [0, 0.1) is 6.92 Å². The molecule has 4 aromatic rings. The van der Waals surface area contributed by atoms with E-state index in [1.807, 2.05) is 17.5 Å². The van der Waals surface area contributed by atoms with Crippen molar-refractivity contribution in [1.29, 1.82) is 0 Å². The molecule has 2 aromatic heterocycles. The molecule has 0 saturated heterocycles. The van der Waals surface area contributed by atoms with E-state index in [0.29, 0.717) is 0 Å². The van der Waals surface area contributed by atoms with Gasteiger partial charge < -0.3 is 0 Å². The van der Waals surface area contributed by atoms with Crippen molar-refractivity contribution < 1.29 is 0 Å². The molecule has 0 fully saturated rings. The summed E-state index contributed by atoms with van der Waals surface area (Å²) >= 11 is 1.92. The third-order valence-corrected chi connectivity index (χ3v) is 8.02. The molecule has 28 heavy (non-hydrogen) atoms. The van der Waals surface area contributed by atoms with Gasteiger partial charge in [-0.1, -0.05) is 64.1 Å². The van der Waals surface area contributed by atoms with Gasteiger partial charge in [-0.15, -0.1) is 11.3 Å². The van der Waals surface area contributed by atoms with E-state index in [-0.39, 0.29) is 10.8 Å². The van der Waals surface area contributed by atoms with Crippen LogP contribution in [0.2, 0.25) is 0 Å². The van der Waals surface area contributed by atoms with Crippen molar-refractivity contribution in [1.82, 2.24) is 4.98 Å². The van der Waals surface area contributed by atoms with Crippen LogP contribution in [0.5, 0.6) is 0 Å². The zero-order valence-electron chi connectivity index (χ0n) is 17.4. The summed E-state index contributed by atoms with van der Waals surface area (Å²) in [4.78, 5) is 4.79. The fourth-order valence-corrected chi connectivity index (χ4v) is 6.25. The Kier molecular flexibility index (Phi) is 3.77. The first kappa shape index (κ1) is 17.9. The van der Waals surface area contributed by atoms with Gasteiger partial charge in [0.05, 0.1) is 10.4 Å². The van der Waals surface area contributed by atoms with Gasteiger partial charge in [-0.25, -0.2) is 0 Å². The molecule has 0 radical (unpaired) electrons. The van der Waals surface area contributed by atoms with E-state index >= 15 is 0 Å². The smallest absolute Gasteiger partial charge is 0.0880 e. The number of nitrogens with zero attached hydrogens (tertiary/aromatic N) is 1. The maximum atomic E-state index is 4.79. The zero-order chi connectivity index (χ0) is 19.7. The van der Waals surface area contributed by atoms with Crippen molar-refractivity contribution >= 4 is 31.5 Å². The molecule has 5 rings (SSSR count). The Morgan fingerprint density at radius 2 is 1.61 bits per heavy atom. The molecule has 2 heterocycles. The summed E-state index contributed by atoms with van der Waals surface area (Å²) in [5, 5.41) is 2.85. The molecule has 0 spiro atoms. The molecule has 0 amide bonds. The van der Waals surface area contributed by atoms with E-state index in [0.717, 1.165) is 5.69 Å². The summed E-state index contributed by atoms with van der Waals surface area (Å²) in [5.41, 5.74) is 7.26. The molecule has 0 bridgehead atoms. The minimum atomic E-state index is 0.195. The third-order valence-electron chi connectivity index (χ3n) is 6.67. The highest BCUT2D eigenvalue weighted by Crippen LogP contribution is 2.52. The van der Waals surface area contributed by atoms with Crippen LogP contribution in [0.4, 0.5) is 0 Å². The molecule has 0 atom stereocenters. The second-order valence-electron chi connectivity index (χ2n) is 9.59. The van der Waals surface area contributed by atoms with Gasteiger partial charge in [-0.2, -0.15) is 0 Å². The van der Waals surface area contributed by atoms with Crippen molar-refractivity contribution in [3.8, 4) is 11.3 Å². The van der Waals surface area contributed by atoms with Gasteiger partial charge in [0, 0.05) is 27.2 Å². The largest absolute Gasteiger partial charge is 0.255 e. The minimum absolute atomic E-state index is 0.195. The van der Waals surface area contributed by atoms with E-state index in [9.17, 15) is 0 Å². The predicted octanol–water partition coefficient (Wildman–Crippen LogP) is 7.77. The molecule has 0 N–H and O–H groups in total. The number of benzene rings is 2. The van der Waals surface area contributed by atoms with Gasteiger partial charge in [0.2, 0.25) is 0 Å². The monoisotopic (exact) mass is 385 g/mol. The van der Waals surface area contributed by atoms with Crippen LogP contribution < -0.4 is 0 Å². The predicted molar refractivity (Wildman–Crippen MR) is 123 cm³/mol. The summed E-state index contributed by atoms with van der Waals surface area (Å²) in [7, 11) is 0. The number of hydrogen-bond donors (Lipinski definition) is 0. The first-order valence-corrected chi connectivity index (χ1v) is 11.0. The molecule has 1 aliphatic carbocycles. The van der Waals surface area contributed by atoms with Crippen LogP contribution in [0.1, 0.15) is 57.2 Å². The lowest BCUT2D eigenvalue weighted by atomic mass is 9.62. The number of fused-ring (bicyclic) bond motifs is 5. The van der Waals surface area contributed by atoms with Crippen molar-refractivity contribution in [3.05, 3.63) is 65.4 Å². The van der Waals surface area contributed by atoms with E-state index in [2.05, 4.69) is 77.1 Å². The average Bonchev–Trinajstić information content (AvgIpc) is 3.06. The lowest BCUT2D eigenvalue weighted by Gasteiger charge is -2.42. The molecule has 1 nitrogen and oxygen atoms in total. The highest BCUT2D eigenvalue weighted by Gasteiger charge is 2.39. The molecular weight excluding hydrogens is 358 g/mol. The molecule has 142 valence electrons. The lowest BCUT2D eigenvalue weighted by molar-refractivity contribution is 0.334. The summed E-state index contributed by atoms with van der Waals surface area (Å²) in [6, 6.07) is 15.3. The molecule has 0 aliphatic heterocycles. The van der Waals surface area contributed by atoms with Crippen LogP contribution in [0.15, 0.2) is 48.7 Å². The number of aryl methyl sites for hydroxylation is 1. The van der Waals surface area contributed by atoms with Gasteiger partial charge in [0.25, 0.3) is 0 Å².